The zero-order valence-electron chi connectivity index (χ0n) is 10.8. The number of hydrogen-bond donors (Lipinski definition) is 1. The number of aromatic nitrogens is 2. The second-order valence-corrected chi connectivity index (χ2v) is 4.83. The Hall–Kier alpha value is -1.01. The van der Waals surface area contributed by atoms with E-state index >= 15 is 0 Å². The molecule has 5 nitrogen and oxygen atoms in total. The summed E-state index contributed by atoms with van der Waals surface area (Å²) in [6, 6.07) is 1.83. The first-order valence-corrected chi connectivity index (χ1v) is 7.45. The molecule has 0 aromatic carbocycles. The Bertz CT molecular complexity index is 384. The first-order chi connectivity index (χ1) is 8.81. The molecule has 0 aliphatic carbocycles. The normalized spacial score (nSPS) is 18.9. The summed E-state index contributed by atoms with van der Waals surface area (Å²) in [5, 5.41) is 3.89. The van der Waals surface area contributed by atoms with Crippen molar-refractivity contribution in [2.24, 2.45) is 0 Å². The number of anilines is 1. The van der Waals surface area contributed by atoms with Crippen molar-refractivity contribution in [2.75, 3.05) is 31.3 Å². The van der Waals surface area contributed by atoms with Crippen molar-refractivity contribution in [1.29, 1.82) is 0 Å². The van der Waals surface area contributed by atoms with Gasteiger partial charge in [-0.1, -0.05) is 11.8 Å². The van der Waals surface area contributed by atoms with Crippen LogP contribution < -0.4 is 10.1 Å². The Kier molecular flexibility index (Phi) is 5.07. The molecule has 1 fully saturated rings. The lowest BCUT2D eigenvalue weighted by molar-refractivity contribution is 0.0660. The van der Waals surface area contributed by atoms with Crippen LogP contribution in [0.2, 0.25) is 0 Å². The van der Waals surface area contributed by atoms with E-state index in [-0.39, 0.29) is 6.10 Å². The van der Waals surface area contributed by atoms with Crippen LogP contribution in [0.1, 0.15) is 19.8 Å². The number of nitrogens with one attached hydrogen (secondary N) is 1. The predicted octanol–water partition coefficient (Wildman–Crippen LogP) is 2.19. The third kappa shape index (κ3) is 3.74. The predicted molar refractivity (Wildman–Crippen MR) is 72.4 cm³/mol. The van der Waals surface area contributed by atoms with E-state index in [1.54, 1.807) is 0 Å². The van der Waals surface area contributed by atoms with E-state index < -0.39 is 0 Å². The zero-order valence-corrected chi connectivity index (χ0v) is 11.6. The molecule has 1 aromatic heterocycles. The van der Waals surface area contributed by atoms with Crippen LogP contribution in [0, 0.1) is 0 Å². The molecule has 0 saturated carbocycles. The Morgan fingerprint density at radius 1 is 1.56 bits per heavy atom. The largest absolute Gasteiger partial charge is 0.475 e. The molecule has 1 aliphatic heterocycles. The van der Waals surface area contributed by atoms with Crippen molar-refractivity contribution < 1.29 is 9.47 Å². The average molecular weight is 269 g/mol. The molecule has 1 unspecified atom stereocenters. The molecule has 0 spiro atoms. The van der Waals surface area contributed by atoms with Gasteiger partial charge >= 0.3 is 0 Å². The van der Waals surface area contributed by atoms with Crippen molar-refractivity contribution in [1.82, 2.24) is 9.97 Å². The Morgan fingerprint density at radius 2 is 2.44 bits per heavy atom. The fraction of sp³-hybridized carbons (Fsp3) is 0.667. The maximum atomic E-state index is 5.69. The van der Waals surface area contributed by atoms with E-state index in [4.69, 9.17) is 9.47 Å². The van der Waals surface area contributed by atoms with E-state index in [1.165, 1.54) is 11.8 Å². The molecule has 1 atom stereocenters. The van der Waals surface area contributed by atoms with E-state index in [2.05, 4.69) is 15.3 Å². The molecule has 18 heavy (non-hydrogen) atoms. The number of nitrogens with zero attached hydrogens (tertiary/aromatic N) is 2. The van der Waals surface area contributed by atoms with Gasteiger partial charge in [0.1, 0.15) is 12.4 Å². The Balaban J connectivity index is 1.98. The molecule has 2 rings (SSSR count). The summed E-state index contributed by atoms with van der Waals surface area (Å²) in [7, 11) is 0. The SMILES string of the molecule is CCNc1cc(OCC2CCCO2)nc(SC)n1. The monoisotopic (exact) mass is 269 g/mol. The van der Waals surface area contributed by atoms with Gasteiger partial charge < -0.3 is 14.8 Å². The Morgan fingerprint density at radius 3 is 3.11 bits per heavy atom. The second-order valence-electron chi connectivity index (χ2n) is 4.05. The molecule has 2 heterocycles. The standard InChI is InChI=1S/C12H19N3O2S/c1-3-13-10-7-11(15-12(14-10)18-2)17-8-9-5-4-6-16-9/h7,9H,3-6,8H2,1-2H3,(H,13,14,15). The summed E-state index contributed by atoms with van der Waals surface area (Å²) in [4.78, 5) is 8.68. The van der Waals surface area contributed by atoms with Crippen LogP contribution in [0.4, 0.5) is 5.82 Å². The molecule has 1 aliphatic rings. The van der Waals surface area contributed by atoms with Gasteiger partial charge in [0.15, 0.2) is 5.16 Å². The minimum absolute atomic E-state index is 0.209. The van der Waals surface area contributed by atoms with E-state index in [9.17, 15) is 0 Å². The minimum atomic E-state index is 0.209. The summed E-state index contributed by atoms with van der Waals surface area (Å²) in [5.74, 6) is 1.42. The molecule has 100 valence electrons. The van der Waals surface area contributed by atoms with Gasteiger partial charge in [-0.05, 0) is 26.0 Å². The second kappa shape index (κ2) is 6.80. The van der Waals surface area contributed by atoms with Crippen molar-refractivity contribution >= 4 is 17.6 Å². The third-order valence-electron chi connectivity index (χ3n) is 2.66. The molecule has 0 bridgehead atoms. The van der Waals surface area contributed by atoms with E-state index in [1.807, 2.05) is 19.2 Å². The maximum Gasteiger partial charge on any atom is 0.219 e. The lowest BCUT2D eigenvalue weighted by atomic mass is 10.2. The molecule has 1 aromatic rings. The van der Waals surface area contributed by atoms with Crippen LogP contribution in [0.5, 0.6) is 5.88 Å². The van der Waals surface area contributed by atoms with Gasteiger partial charge in [0.2, 0.25) is 5.88 Å². The summed E-state index contributed by atoms with van der Waals surface area (Å²) < 4.78 is 11.2. The molecular weight excluding hydrogens is 250 g/mol. The Labute approximate surface area is 112 Å². The van der Waals surface area contributed by atoms with Crippen molar-refractivity contribution in [3.63, 3.8) is 0 Å². The molecule has 0 radical (unpaired) electrons. The van der Waals surface area contributed by atoms with Crippen LogP contribution in [-0.2, 0) is 4.74 Å². The van der Waals surface area contributed by atoms with Crippen LogP contribution in [-0.4, -0.2) is 42.1 Å². The number of hydrogen-bond acceptors (Lipinski definition) is 6. The third-order valence-corrected chi connectivity index (χ3v) is 3.21. The van der Waals surface area contributed by atoms with Gasteiger partial charge in [0.05, 0.1) is 6.10 Å². The van der Waals surface area contributed by atoms with Crippen LogP contribution in [0.25, 0.3) is 0 Å². The van der Waals surface area contributed by atoms with Gasteiger partial charge in [0.25, 0.3) is 0 Å². The quantitative estimate of drug-likeness (QED) is 0.631. The zero-order chi connectivity index (χ0) is 12.8. The number of thioether (sulfide) groups is 1. The molecule has 1 N–H and O–H groups in total. The maximum absolute atomic E-state index is 5.69. The summed E-state index contributed by atoms with van der Waals surface area (Å²) in [6.07, 6.45) is 4.35. The number of ether oxygens (including phenoxy) is 2. The highest BCUT2D eigenvalue weighted by atomic mass is 32.2. The summed E-state index contributed by atoms with van der Waals surface area (Å²) in [5.41, 5.74) is 0. The molecule has 1 saturated heterocycles. The lowest BCUT2D eigenvalue weighted by Gasteiger charge is -2.12. The molecule has 0 amide bonds. The summed E-state index contributed by atoms with van der Waals surface area (Å²) in [6.45, 7) is 4.27. The van der Waals surface area contributed by atoms with Crippen LogP contribution in [0.3, 0.4) is 0 Å². The first-order valence-electron chi connectivity index (χ1n) is 6.23. The van der Waals surface area contributed by atoms with Crippen molar-refractivity contribution in [2.45, 2.75) is 31.0 Å². The van der Waals surface area contributed by atoms with Crippen LogP contribution >= 0.6 is 11.8 Å². The number of rotatable bonds is 6. The van der Waals surface area contributed by atoms with Gasteiger partial charge in [-0.2, -0.15) is 4.98 Å². The van der Waals surface area contributed by atoms with Crippen molar-refractivity contribution in [3.8, 4) is 5.88 Å². The van der Waals surface area contributed by atoms with Gasteiger partial charge in [-0.3, -0.25) is 0 Å². The molecule has 6 heteroatoms. The van der Waals surface area contributed by atoms with Crippen LogP contribution in [0.15, 0.2) is 11.2 Å². The lowest BCUT2D eigenvalue weighted by Crippen LogP contribution is -2.17. The highest BCUT2D eigenvalue weighted by Crippen LogP contribution is 2.20. The van der Waals surface area contributed by atoms with Crippen molar-refractivity contribution in [3.05, 3.63) is 6.07 Å². The van der Waals surface area contributed by atoms with Gasteiger partial charge in [-0.15, -0.1) is 0 Å². The average Bonchev–Trinajstić information content (AvgIpc) is 2.89. The van der Waals surface area contributed by atoms with E-state index in [0.29, 0.717) is 12.5 Å². The summed E-state index contributed by atoms with van der Waals surface area (Å²) >= 11 is 1.51. The topological polar surface area (TPSA) is 56.3 Å². The smallest absolute Gasteiger partial charge is 0.219 e. The fourth-order valence-electron chi connectivity index (χ4n) is 1.79. The fourth-order valence-corrected chi connectivity index (χ4v) is 2.17. The van der Waals surface area contributed by atoms with Gasteiger partial charge in [0, 0.05) is 19.2 Å². The van der Waals surface area contributed by atoms with E-state index in [0.717, 1.165) is 37.0 Å². The highest BCUT2D eigenvalue weighted by Gasteiger charge is 2.16. The minimum Gasteiger partial charge on any atom is -0.475 e. The highest BCUT2D eigenvalue weighted by molar-refractivity contribution is 7.98. The van der Waals surface area contributed by atoms with Gasteiger partial charge in [-0.25, -0.2) is 4.98 Å². The first kappa shape index (κ1) is 13.4. The molecular formula is C12H19N3O2S.